The molecule has 0 aliphatic rings. The van der Waals surface area contributed by atoms with E-state index in [1.54, 1.807) is 44.2 Å². The van der Waals surface area contributed by atoms with Crippen LogP contribution in [0.3, 0.4) is 0 Å². The monoisotopic (exact) mass is 441 g/mol. The predicted molar refractivity (Wildman–Crippen MR) is 113 cm³/mol. The molecule has 0 aromatic heterocycles. The number of hydrogen-bond acceptors (Lipinski definition) is 7. The molecule has 0 radical (unpaired) electrons. The lowest BCUT2D eigenvalue weighted by Crippen LogP contribution is -2.57. The second kappa shape index (κ2) is 11.2. The number of carbonyl (C=O) groups excluding carboxylic acids is 2. The van der Waals surface area contributed by atoms with Crippen LogP contribution in [0, 0.1) is 17.8 Å². The Morgan fingerprint density at radius 1 is 1.20 bits per heavy atom. The van der Waals surface area contributed by atoms with Crippen LogP contribution in [0.2, 0.25) is 0 Å². The lowest BCUT2D eigenvalue weighted by atomic mass is 9.74. The SMILES string of the molecule is CC(C)C[C@@H](C(=O)NN)[C@@H](C(=O)NO)C(/C=C/c1ccccc1)(CCO)S(C)(=O)=O. The third-order valence-corrected chi connectivity index (χ3v) is 7.05. The Morgan fingerprint density at radius 3 is 2.23 bits per heavy atom. The van der Waals surface area contributed by atoms with E-state index in [2.05, 4.69) is 0 Å². The maximum absolute atomic E-state index is 13.0. The van der Waals surface area contributed by atoms with Crippen LogP contribution in [0.4, 0.5) is 0 Å². The number of hydrazine groups is 1. The molecule has 2 amide bonds. The van der Waals surface area contributed by atoms with E-state index in [9.17, 15) is 28.3 Å². The molecule has 0 saturated carbocycles. The van der Waals surface area contributed by atoms with Gasteiger partial charge in [-0.3, -0.25) is 20.2 Å². The molecule has 9 nitrogen and oxygen atoms in total. The number of sulfone groups is 1. The summed E-state index contributed by atoms with van der Waals surface area (Å²) in [6.45, 7) is 3.04. The summed E-state index contributed by atoms with van der Waals surface area (Å²) in [5.41, 5.74) is 4.14. The van der Waals surface area contributed by atoms with Gasteiger partial charge in [-0.25, -0.2) is 19.7 Å². The van der Waals surface area contributed by atoms with Crippen molar-refractivity contribution in [2.24, 2.45) is 23.6 Å². The van der Waals surface area contributed by atoms with Crippen molar-refractivity contribution in [2.75, 3.05) is 12.9 Å². The van der Waals surface area contributed by atoms with Gasteiger partial charge in [0.15, 0.2) is 9.84 Å². The van der Waals surface area contributed by atoms with Crippen LogP contribution in [0.25, 0.3) is 6.08 Å². The molecule has 1 unspecified atom stereocenters. The van der Waals surface area contributed by atoms with Crippen LogP contribution in [0.1, 0.15) is 32.3 Å². The Balaban J connectivity index is 3.80. The summed E-state index contributed by atoms with van der Waals surface area (Å²) in [5, 5.41) is 19.1. The summed E-state index contributed by atoms with van der Waals surface area (Å²) < 4.78 is 24.1. The van der Waals surface area contributed by atoms with E-state index >= 15 is 0 Å². The first-order valence-corrected chi connectivity index (χ1v) is 11.4. The number of rotatable bonds is 11. The molecule has 30 heavy (non-hydrogen) atoms. The fraction of sp³-hybridized carbons (Fsp3) is 0.500. The van der Waals surface area contributed by atoms with Crippen LogP contribution in [-0.2, 0) is 19.4 Å². The molecule has 0 bridgehead atoms. The standard InChI is InChI=1S/C20H31N3O6S/c1-14(2)13-16(18(25)22-21)17(19(26)23-27)20(11-12-24,30(3,28)29)10-9-15-7-5-4-6-8-15/h4-10,14,16-17,24,27H,11-13,21H2,1-3H3,(H,22,25)(H,23,26)/b10-9+/t16-,17+,20?/m1/s1. The number of nitrogens with two attached hydrogens (primary N) is 1. The summed E-state index contributed by atoms with van der Waals surface area (Å²) in [6.07, 6.45) is 3.52. The van der Waals surface area contributed by atoms with Crippen LogP contribution in [0.5, 0.6) is 0 Å². The summed E-state index contributed by atoms with van der Waals surface area (Å²) >= 11 is 0. The zero-order valence-corrected chi connectivity index (χ0v) is 18.2. The third kappa shape index (κ3) is 6.11. The minimum absolute atomic E-state index is 0.0919. The number of carbonyl (C=O) groups is 2. The normalized spacial score (nSPS) is 16.1. The van der Waals surface area contributed by atoms with Crippen molar-refractivity contribution in [3.05, 3.63) is 42.0 Å². The second-order valence-electron chi connectivity index (χ2n) is 7.64. The van der Waals surface area contributed by atoms with E-state index in [-0.39, 0.29) is 18.8 Å². The van der Waals surface area contributed by atoms with Gasteiger partial charge in [0.05, 0.1) is 11.8 Å². The molecule has 1 aromatic carbocycles. The first-order valence-electron chi connectivity index (χ1n) is 9.53. The molecular weight excluding hydrogens is 410 g/mol. The molecule has 1 aromatic rings. The fourth-order valence-electron chi connectivity index (χ4n) is 3.68. The number of hydroxylamine groups is 1. The van der Waals surface area contributed by atoms with Gasteiger partial charge in [0, 0.05) is 12.9 Å². The van der Waals surface area contributed by atoms with Gasteiger partial charge in [-0.2, -0.15) is 0 Å². The predicted octanol–water partition coefficient (Wildman–Crippen LogP) is 0.639. The van der Waals surface area contributed by atoms with Crippen molar-refractivity contribution in [1.82, 2.24) is 10.9 Å². The number of benzene rings is 1. The molecule has 3 atom stereocenters. The van der Waals surface area contributed by atoms with Gasteiger partial charge in [0.2, 0.25) is 11.8 Å². The minimum Gasteiger partial charge on any atom is -0.396 e. The quantitative estimate of drug-likeness (QED) is 0.146. The molecule has 0 spiro atoms. The molecule has 10 heteroatoms. The summed E-state index contributed by atoms with van der Waals surface area (Å²) in [5.74, 6) is 0.700. The third-order valence-electron chi connectivity index (χ3n) is 5.08. The van der Waals surface area contributed by atoms with Crippen LogP contribution in [0.15, 0.2) is 36.4 Å². The topological polar surface area (TPSA) is 159 Å². The molecule has 6 N–H and O–H groups in total. The average molecular weight is 442 g/mol. The van der Waals surface area contributed by atoms with Crippen molar-refractivity contribution >= 4 is 27.7 Å². The van der Waals surface area contributed by atoms with Crippen LogP contribution < -0.4 is 16.7 Å². The van der Waals surface area contributed by atoms with Crippen molar-refractivity contribution in [2.45, 2.75) is 31.4 Å². The molecule has 0 fully saturated rings. The van der Waals surface area contributed by atoms with Crippen molar-refractivity contribution in [3.8, 4) is 0 Å². The summed E-state index contributed by atoms with van der Waals surface area (Å²) in [7, 11) is -4.08. The van der Waals surface area contributed by atoms with Crippen LogP contribution >= 0.6 is 0 Å². The number of aliphatic hydroxyl groups excluding tert-OH is 1. The number of hydrogen-bond donors (Lipinski definition) is 5. The minimum atomic E-state index is -4.08. The van der Waals surface area contributed by atoms with Gasteiger partial charge in [0.25, 0.3) is 0 Å². The summed E-state index contributed by atoms with van der Waals surface area (Å²) in [6, 6.07) is 8.79. The summed E-state index contributed by atoms with van der Waals surface area (Å²) in [4.78, 5) is 25.4. The highest BCUT2D eigenvalue weighted by Crippen LogP contribution is 2.40. The Kier molecular flexibility index (Phi) is 9.63. The Hall–Kier alpha value is -2.27. The smallest absolute Gasteiger partial charge is 0.249 e. The molecular formula is C20H31N3O6S. The Bertz CT molecular complexity index is 841. The van der Waals surface area contributed by atoms with E-state index in [0.717, 1.165) is 6.26 Å². The lowest BCUT2D eigenvalue weighted by Gasteiger charge is -2.39. The molecule has 0 saturated heterocycles. The van der Waals surface area contributed by atoms with E-state index in [1.807, 2.05) is 5.43 Å². The van der Waals surface area contributed by atoms with Crippen molar-refractivity contribution in [1.29, 1.82) is 0 Å². The van der Waals surface area contributed by atoms with Gasteiger partial charge in [-0.15, -0.1) is 0 Å². The van der Waals surface area contributed by atoms with Gasteiger partial charge in [-0.1, -0.05) is 56.3 Å². The highest BCUT2D eigenvalue weighted by Gasteiger charge is 2.54. The maximum atomic E-state index is 13.0. The number of aliphatic hydroxyl groups is 1. The maximum Gasteiger partial charge on any atom is 0.249 e. The highest BCUT2D eigenvalue weighted by molar-refractivity contribution is 7.92. The van der Waals surface area contributed by atoms with E-state index < -0.39 is 44.8 Å². The Morgan fingerprint density at radius 2 is 1.80 bits per heavy atom. The number of amides is 2. The van der Waals surface area contributed by atoms with Gasteiger partial charge < -0.3 is 5.11 Å². The largest absolute Gasteiger partial charge is 0.396 e. The zero-order valence-electron chi connectivity index (χ0n) is 17.4. The first kappa shape index (κ1) is 25.8. The molecule has 0 aliphatic carbocycles. The Labute approximate surface area is 177 Å². The van der Waals surface area contributed by atoms with Gasteiger partial charge in [0.1, 0.15) is 4.75 Å². The fourth-order valence-corrected chi connectivity index (χ4v) is 5.19. The van der Waals surface area contributed by atoms with Crippen molar-refractivity contribution < 1.29 is 28.3 Å². The van der Waals surface area contributed by atoms with Crippen LogP contribution in [-0.4, -0.2) is 48.2 Å². The molecule has 1 rings (SSSR count). The van der Waals surface area contributed by atoms with Gasteiger partial charge in [-0.05, 0) is 24.3 Å². The van der Waals surface area contributed by atoms with Crippen molar-refractivity contribution in [3.63, 3.8) is 0 Å². The van der Waals surface area contributed by atoms with E-state index in [0.29, 0.717) is 5.56 Å². The zero-order chi connectivity index (χ0) is 22.9. The van der Waals surface area contributed by atoms with Gasteiger partial charge >= 0.3 is 0 Å². The first-order chi connectivity index (χ1) is 14.0. The molecule has 0 aliphatic heterocycles. The van der Waals surface area contributed by atoms with E-state index in [4.69, 9.17) is 5.84 Å². The second-order valence-corrected chi connectivity index (χ2v) is 9.95. The lowest BCUT2D eigenvalue weighted by molar-refractivity contribution is -0.142. The average Bonchev–Trinajstić information content (AvgIpc) is 2.70. The molecule has 168 valence electrons. The molecule has 0 heterocycles. The number of nitrogens with one attached hydrogen (secondary N) is 2. The highest BCUT2D eigenvalue weighted by atomic mass is 32.2. The van der Waals surface area contributed by atoms with E-state index in [1.165, 1.54) is 17.6 Å².